The Morgan fingerprint density at radius 1 is 1.06 bits per heavy atom. The summed E-state index contributed by atoms with van der Waals surface area (Å²) in [4.78, 5) is 25.0. The van der Waals surface area contributed by atoms with E-state index in [4.69, 9.17) is 4.74 Å². The molecule has 8 heteroatoms. The number of carbonyl (C=O) groups excluding carboxylic acids is 1. The van der Waals surface area contributed by atoms with Gasteiger partial charge in [-0.3, -0.25) is 4.79 Å². The molecule has 0 radical (unpaired) electrons. The molecule has 0 fully saturated rings. The van der Waals surface area contributed by atoms with Crippen LogP contribution in [0.5, 0.6) is 5.75 Å². The second-order valence-corrected chi connectivity index (χ2v) is 9.76. The van der Waals surface area contributed by atoms with E-state index >= 15 is 0 Å². The predicted molar refractivity (Wildman–Crippen MR) is 133 cm³/mol. The van der Waals surface area contributed by atoms with Crippen LogP contribution in [0, 0.1) is 0 Å². The van der Waals surface area contributed by atoms with Gasteiger partial charge < -0.3 is 14.0 Å². The fourth-order valence-corrected chi connectivity index (χ4v) is 4.63. The van der Waals surface area contributed by atoms with Gasteiger partial charge >= 0.3 is 12.3 Å². The number of rotatable bonds is 5. The van der Waals surface area contributed by atoms with Crippen molar-refractivity contribution in [2.24, 2.45) is 0 Å². The van der Waals surface area contributed by atoms with E-state index in [0.717, 1.165) is 34.9 Å². The van der Waals surface area contributed by atoms with E-state index in [1.807, 2.05) is 13.0 Å². The van der Waals surface area contributed by atoms with Crippen LogP contribution < -0.4 is 10.3 Å². The Kier molecular flexibility index (Phi) is 6.73. The Balaban J connectivity index is 1.84. The zero-order valence-electron chi connectivity index (χ0n) is 20.7. The van der Waals surface area contributed by atoms with Crippen molar-refractivity contribution >= 4 is 22.9 Å². The van der Waals surface area contributed by atoms with Crippen LogP contribution in [-0.4, -0.2) is 22.5 Å². The molecule has 1 aliphatic rings. The molecule has 4 rings (SSSR count). The Morgan fingerprint density at radius 2 is 1.78 bits per heavy atom. The lowest BCUT2D eigenvalue weighted by Crippen LogP contribution is -2.23. The maximum atomic E-state index is 13.2. The lowest BCUT2D eigenvalue weighted by atomic mass is 9.97. The highest BCUT2D eigenvalue weighted by Gasteiger charge is 2.32. The zero-order valence-corrected chi connectivity index (χ0v) is 20.7. The minimum Gasteiger partial charge on any atom is -0.457 e. The molecule has 0 spiro atoms. The van der Waals surface area contributed by atoms with Crippen molar-refractivity contribution in [1.82, 2.24) is 4.57 Å². The van der Waals surface area contributed by atoms with E-state index in [1.54, 1.807) is 43.5 Å². The molecule has 0 atom stereocenters. The van der Waals surface area contributed by atoms with E-state index < -0.39 is 17.9 Å². The van der Waals surface area contributed by atoms with Gasteiger partial charge in [-0.15, -0.1) is 13.2 Å². The number of aryl methyl sites for hydroxylation is 2. The Morgan fingerprint density at radius 3 is 2.44 bits per heavy atom. The zero-order chi connectivity index (χ0) is 26.3. The van der Waals surface area contributed by atoms with Crippen LogP contribution in [0.4, 0.5) is 13.2 Å². The average Bonchev–Trinajstić information content (AvgIpc) is 3.27. The molecule has 0 bridgehead atoms. The second-order valence-electron chi connectivity index (χ2n) is 9.76. The van der Waals surface area contributed by atoms with Gasteiger partial charge in [-0.1, -0.05) is 12.1 Å². The summed E-state index contributed by atoms with van der Waals surface area (Å²) in [5.41, 5.74) is 3.08. The van der Waals surface area contributed by atoms with Crippen molar-refractivity contribution < 1.29 is 27.4 Å². The number of halogens is 3. The summed E-state index contributed by atoms with van der Waals surface area (Å²) in [7, 11) is 0. The van der Waals surface area contributed by atoms with Crippen molar-refractivity contribution in [3.8, 4) is 16.9 Å². The molecule has 0 amide bonds. The molecule has 0 unspecified atom stereocenters. The topological polar surface area (TPSA) is 57.5 Å². The molecule has 0 saturated heterocycles. The monoisotopic (exact) mass is 499 g/mol. The van der Waals surface area contributed by atoms with Gasteiger partial charge in [0.25, 0.3) is 5.56 Å². The summed E-state index contributed by atoms with van der Waals surface area (Å²) in [5.74, 6) is -0.907. The van der Waals surface area contributed by atoms with Crippen LogP contribution in [-0.2, 0) is 28.9 Å². The molecule has 5 nitrogen and oxygen atoms in total. The summed E-state index contributed by atoms with van der Waals surface area (Å²) in [5, 5.41) is 0.856. The smallest absolute Gasteiger partial charge is 0.457 e. The van der Waals surface area contributed by atoms with E-state index in [9.17, 15) is 22.8 Å². The number of benzene rings is 2. The second kappa shape index (κ2) is 9.48. The number of ether oxygens (including phenoxy) is 2. The molecule has 1 aromatic heterocycles. The van der Waals surface area contributed by atoms with Gasteiger partial charge in [-0.25, -0.2) is 4.79 Å². The summed E-state index contributed by atoms with van der Waals surface area (Å²) in [6.45, 7) is 7.62. The van der Waals surface area contributed by atoms with Crippen molar-refractivity contribution in [2.45, 2.75) is 65.5 Å². The van der Waals surface area contributed by atoms with Gasteiger partial charge in [0, 0.05) is 29.1 Å². The fourth-order valence-electron chi connectivity index (χ4n) is 4.63. The molecule has 0 N–H and O–H groups in total. The van der Waals surface area contributed by atoms with Gasteiger partial charge in [0.15, 0.2) is 0 Å². The van der Waals surface area contributed by atoms with E-state index in [1.165, 1.54) is 24.3 Å². The molecule has 0 aliphatic heterocycles. The number of nitrogens with zero attached hydrogens (tertiary/aromatic N) is 1. The first-order valence-corrected chi connectivity index (χ1v) is 11.9. The number of pyridine rings is 1. The van der Waals surface area contributed by atoms with Gasteiger partial charge in [0.1, 0.15) is 11.4 Å². The van der Waals surface area contributed by atoms with E-state index in [2.05, 4.69) is 4.74 Å². The van der Waals surface area contributed by atoms with Crippen LogP contribution in [0.3, 0.4) is 0 Å². The van der Waals surface area contributed by atoms with E-state index in [-0.39, 0.29) is 16.9 Å². The minimum absolute atomic E-state index is 0.000575. The predicted octanol–water partition coefficient (Wildman–Crippen LogP) is 6.43. The summed E-state index contributed by atoms with van der Waals surface area (Å²) < 4.78 is 50.9. The summed E-state index contributed by atoms with van der Waals surface area (Å²) in [6.07, 6.45) is 0.167. The van der Waals surface area contributed by atoms with Crippen molar-refractivity contribution in [3.05, 3.63) is 69.5 Å². The Hall–Kier alpha value is -3.55. The number of fused-ring (bicyclic) bond motifs is 3. The van der Waals surface area contributed by atoms with Crippen LogP contribution in [0.2, 0.25) is 0 Å². The molecule has 1 aliphatic carbocycles. The SMILES string of the molecule is CCn1c(=O)c2c(c3cc(-c4cc(C=CC(=O)OC(C)(C)C)ccc4OC(F)(F)F)ccc31)CCC2. The first-order chi connectivity index (χ1) is 16.9. The standard InChI is InChI=1S/C28H28F3NO4/c1-5-32-23-12-11-18(16-22(23)19-7-6-8-20(19)26(32)34)21-15-17(9-13-24(21)35-28(29,30)31)10-14-25(33)36-27(2,3)4/h9-16H,5-8H2,1-4H3. The maximum absolute atomic E-state index is 13.2. The molecule has 36 heavy (non-hydrogen) atoms. The largest absolute Gasteiger partial charge is 0.573 e. The molecule has 0 saturated carbocycles. The highest BCUT2D eigenvalue weighted by molar-refractivity contribution is 5.91. The number of aromatic nitrogens is 1. The van der Waals surface area contributed by atoms with Crippen molar-refractivity contribution in [2.75, 3.05) is 0 Å². The highest BCUT2D eigenvalue weighted by atomic mass is 19.4. The number of carbonyl (C=O) groups is 1. The third-order valence-electron chi connectivity index (χ3n) is 6.01. The minimum atomic E-state index is -4.87. The normalized spacial score (nSPS) is 13.9. The Labute approximate surface area is 207 Å². The first kappa shape index (κ1) is 25.5. The van der Waals surface area contributed by atoms with Gasteiger partial charge in [0.05, 0.1) is 5.52 Å². The fraction of sp³-hybridized carbons (Fsp3) is 0.357. The summed E-state index contributed by atoms with van der Waals surface area (Å²) >= 11 is 0. The molecule has 1 heterocycles. The Bertz CT molecular complexity index is 1410. The third-order valence-corrected chi connectivity index (χ3v) is 6.01. The molecular formula is C28H28F3NO4. The van der Waals surface area contributed by atoms with Crippen molar-refractivity contribution in [3.63, 3.8) is 0 Å². The van der Waals surface area contributed by atoms with Crippen LogP contribution in [0.25, 0.3) is 28.1 Å². The molecule has 2 aromatic carbocycles. The molecule has 190 valence electrons. The van der Waals surface area contributed by atoms with Crippen LogP contribution in [0.15, 0.2) is 47.3 Å². The van der Waals surface area contributed by atoms with Crippen molar-refractivity contribution in [1.29, 1.82) is 0 Å². The summed E-state index contributed by atoms with van der Waals surface area (Å²) in [6, 6.07) is 9.51. The first-order valence-electron chi connectivity index (χ1n) is 11.9. The quantitative estimate of drug-likeness (QED) is 0.300. The number of alkyl halides is 3. The number of esters is 1. The average molecular weight is 500 g/mol. The molecule has 3 aromatic rings. The van der Waals surface area contributed by atoms with E-state index in [0.29, 0.717) is 24.1 Å². The number of hydrogen-bond acceptors (Lipinski definition) is 4. The third kappa shape index (κ3) is 5.48. The van der Waals surface area contributed by atoms with Crippen LogP contribution in [0.1, 0.15) is 50.8 Å². The lowest BCUT2D eigenvalue weighted by molar-refractivity contribution is -0.274. The highest BCUT2D eigenvalue weighted by Crippen LogP contribution is 2.38. The van der Waals surface area contributed by atoms with Crippen LogP contribution >= 0.6 is 0 Å². The van der Waals surface area contributed by atoms with Gasteiger partial charge in [-0.2, -0.15) is 0 Å². The van der Waals surface area contributed by atoms with Gasteiger partial charge in [0.2, 0.25) is 0 Å². The molecular weight excluding hydrogens is 471 g/mol. The lowest BCUT2D eigenvalue weighted by Gasteiger charge is -2.18. The maximum Gasteiger partial charge on any atom is 0.573 e. The number of hydrogen-bond donors (Lipinski definition) is 0. The van der Waals surface area contributed by atoms with Gasteiger partial charge in [-0.05, 0) is 94.0 Å².